The summed E-state index contributed by atoms with van der Waals surface area (Å²) in [6.45, 7) is 2.57. The van der Waals surface area contributed by atoms with Gasteiger partial charge in [-0.25, -0.2) is 0 Å². The zero-order valence-electron chi connectivity index (χ0n) is 8.29. The molecule has 1 aromatic rings. The lowest BCUT2D eigenvalue weighted by Crippen LogP contribution is -2.21. The van der Waals surface area contributed by atoms with Crippen molar-refractivity contribution in [2.24, 2.45) is 0 Å². The molecule has 1 heterocycles. The number of hydrogen-bond donors (Lipinski definition) is 1. The van der Waals surface area contributed by atoms with E-state index in [0.717, 1.165) is 35.6 Å². The van der Waals surface area contributed by atoms with E-state index in [9.17, 15) is 5.11 Å². The highest BCUT2D eigenvalue weighted by Gasteiger charge is 2.20. The number of β-amino-alcohol motifs (C(OH)–C–C–N with tert-alkyl or cyclic N) is 1. The molecule has 0 amide bonds. The fourth-order valence-electron chi connectivity index (χ4n) is 1.86. The van der Waals surface area contributed by atoms with E-state index < -0.39 is 0 Å². The fourth-order valence-corrected chi connectivity index (χ4v) is 2.43. The lowest BCUT2D eigenvalue weighted by Gasteiger charge is -2.16. The van der Waals surface area contributed by atoms with Crippen LogP contribution >= 0.6 is 27.5 Å². The van der Waals surface area contributed by atoms with E-state index in [1.807, 2.05) is 18.2 Å². The normalized spacial score (nSPS) is 22.2. The van der Waals surface area contributed by atoms with E-state index in [1.165, 1.54) is 5.56 Å². The number of halogens is 2. The van der Waals surface area contributed by atoms with E-state index in [1.54, 1.807) is 0 Å². The van der Waals surface area contributed by atoms with E-state index in [2.05, 4.69) is 20.8 Å². The van der Waals surface area contributed by atoms with Crippen molar-refractivity contribution in [3.8, 4) is 0 Å². The molecule has 2 rings (SSSR count). The zero-order chi connectivity index (χ0) is 10.8. The molecule has 0 saturated carbocycles. The van der Waals surface area contributed by atoms with Crippen LogP contribution in [0.3, 0.4) is 0 Å². The Bertz CT molecular complexity index is 358. The van der Waals surface area contributed by atoms with Gasteiger partial charge in [-0.15, -0.1) is 0 Å². The third-order valence-electron chi connectivity index (χ3n) is 2.65. The highest BCUT2D eigenvalue weighted by Crippen LogP contribution is 2.23. The Balaban J connectivity index is 2.07. The predicted molar refractivity (Wildman–Crippen MR) is 65.1 cm³/mol. The van der Waals surface area contributed by atoms with Gasteiger partial charge in [-0.05, 0) is 30.2 Å². The number of hydrogen-bond acceptors (Lipinski definition) is 2. The summed E-state index contributed by atoms with van der Waals surface area (Å²) in [4.78, 5) is 2.24. The van der Waals surface area contributed by atoms with Gasteiger partial charge in [0.05, 0.1) is 6.10 Å². The second kappa shape index (κ2) is 4.83. The van der Waals surface area contributed by atoms with Crippen molar-refractivity contribution in [2.45, 2.75) is 19.1 Å². The highest BCUT2D eigenvalue weighted by atomic mass is 79.9. The molecule has 1 atom stereocenters. The van der Waals surface area contributed by atoms with Crippen LogP contribution in [-0.4, -0.2) is 29.2 Å². The summed E-state index contributed by atoms with van der Waals surface area (Å²) >= 11 is 9.45. The van der Waals surface area contributed by atoms with E-state index in [0.29, 0.717) is 0 Å². The fraction of sp³-hybridized carbons (Fsp3) is 0.455. The molecule has 1 N–H and O–H groups in total. The maximum Gasteiger partial charge on any atom is 0.0679 e. The van der Waals surface area contributed by atoms with Gasteiger partial charge in [-0.2, -0.15) is 0 Å². The molecule has 0 bridgehead atoms. The summed E-state index contributed by atoms with van der Waals surface area (Å²) in [6, 6.07) is 5.80. The van der Waals surface area contributed by atoms with Crippen molar-refractivity contribution in [1.29, 1.82) is 0 Å². The summed E-state index contributed by atoms with van der Waals surface area (Å²) in [5.74, 6) is 0. The smallest absolute Gasteiger partial charge is 0.0679 e. The van der Waals surface area contributed by atoms with Crippen molar-refractivity contribution in [2.75, 3.05) is 13.1 Å². The summed E-state index contributed by atoms with van der Waals surface area (Å²) in [5, 5.41) is 10.2. The van der Waals surface area contributed by atoms with Gasteiger partial charge in [0, 0.05) is 29.1 Å². The lowest BCUT2D eigenvalue weighted by atomic mass is 10.2. The van der Waals surface area contributed by atoms with Crippen LogP contribution in [-0.2, 0) is 6.54 Å². The Labute approximate surface area is 103 Å². The first-order chi connectivity index (χ1) is 7.15. The van der Waals surface area contributed by atoms with Crippen LogP contribution in [0.4, 0.5) is 0 Å². The molecular formula is C11H13BrClNO. The molecule has 15 heavy (non-hydrogen) atoms. The van der Waals surface area contributed by atoms with Crippen molar-refractivity contribution >= 4 is 27.5 Å². The maximum absolute atomic E-state index is 9.42. The third kappa shape index (κ3) is 2.94. The topological polar surface area (TPSA) is 23.5 Å². The summed E-state index contributed by atoms with van der Waals surface area (Å²) < 4.78 is 1.08. The number of benzene rings is 1. The quantitative estimate of drug-likeness (QED) is 0.905. The van der Waals surface area contributed by atoms with Crippen LogP contribution in [0.5, 0.6) is 0 Å². The van der Waals surface area contributed by atoms with Gasteiger partial charge in [0.25, 0.3) is 0 Å². The Morgan fingerprint density at radius 2 is 2.33 bits per heavy atom. The number of rotatable bonds is 2. The Morgan fingerprint density at radius 3 is 3.00 bits per heavy atom. The van der Waals surface area contributed by atoms with Crippen LogP contribution < -0.4 is 0 Å². The highest BCUT2D eigenvalue weighted by molar-refractivity contribution is 9.10. The number of aliphatic hydroxyl groups excluding tert-OH is 1. The molecule has 1 aromatic carbocycles. The summed E-state index contributed by atoms with van der Waals surface area (Å²) in [5.41, 5.74) is 1.18. The van der Waals surface area contributed by atoms with Gasteiger partial charge in [0.1, 0.15) is 0 Å². The minimum atomic E-state index is -0.164. The van der Waals surface area contributed by atoms with Gasteiger partial charge in [0.15, 0.2) is 0 Å². The summed E-state index contributed by atoms with van der Waals surface area (Å²) in [6.07, 6.45) is 0.709. The van der Waals surface area contributed by atoms with Crippen LogP contribution in [0, 0.1) is 0 Å². The first kappa shape index (κ1) is 11.4. The van der Waals surface area contributed by atoms with Gasteiger partial charge in [0.2, 0.25) is 0 Å². The van der Waals surface area contributed by atoms with Crippen molar-refractivity contribution in [1.82, 2.24) is 4.90 Å². The molecule has 1 aliphatic rings. The molecule has 0 radical (unpaired) electrons. The average Bonchev–Trinajstić information content (AvgIpc) is 2.58. The van der Waals surface area contributed by atoms with Crippen molar-refractivity contribution in [3.05, 3.63) is 33.3 Å². The van der Waals surface area contributed by atoms with Gasteiger partial charge in [-0.3, -0.25) is 4.90 Å². The van der Waals surface area contributed by atoms with Crippen LogP contribution in [0.2, 0.25) is 5.02 Å². The van der Waals surface area contributed by atoms with Gasteiger partial charge in [-0.1, -0.05) is 27.5 Å². The van der Waals surface area contributed by atoms with E-state index in [-0.39, 0.29) is 6.10 Å². The van der Waals surface area contributed by atoms with E-state index >= 15 is 0 Å². The number of nitrogens with zero attached hydrogens (tertiary/aromatic N) is 1. The van der Waals surface area contributed by atoms with E-state index in [4.69, 9.17) is 11.6 Å². The molecule has 0 unspecified atom stereocenters. The maximum atomic E-state index is 9.42. The predicted octanol–water partition coefficient (Wildman–Crippen LogP) is 2.67. The van der Waals surface area contributed by atoms with Gasteiger partial charge < -0.3 is 5.11 Å². The molecule has 1 aliphatic heterocycles. The molecule has 1 saturated heterocycles. The SMILES string of the molecule is O[C@@H]1CCN(Cc2cc(Cl)ccc2Br)C1. The van der Waals surface area contributed by atoms with Gasteiger partial charge >= 0.3 is 0 Å². The first-order valence-corrected chi connectivity index (χ1v) is 6.16. The molecular weight excluding hydrogens is 277 g/mol. The minimum absolute atomic E-state index is 0.164. The lowest BCUT2D eigenvalue weighted by molar-refractivity contribution is 0.174. The monoisotopic (exact) mass is 289 g/mol. The number of likely N-dealkylation sites (tertiary alicyclic amines) is 1. The molecule has 0 aliphatic carbocycles. The first-order valence-electron chi connectivity index (χ1n) is 4.99. The minimum Gasteiger partial charge on any atom is -0.392 e. The number of aliphatic hydroxyl groups is 1. The molecule has 0 aromatic heterocycles. The standard InChI is InChI=1S/C11H13BrClNO/c12-11-2-1-9(13)5-8(11)6-14-4-3-10(15)7-14/h1-2,5,10,15H,3-4,6-7H2/t10-/m1/s1. The van der Waals surface area contributed by atoms with Crippen LogP contribution in [0.15, 0.2) is 22.7 Å². The largest absolute Gasteiger partial charge is 0.392 e. The second-order valence-electron chi connectivity index (χ2n) is 3.91. The van der Waals surface area contributed by atoms with Crippen LogP contribution in [0.1, 0.15) is 12.0 Å². The van der Waals surface area contributed by atoms with Crippen molar-refractivity contribution < 1.29 is 5.11 Å². The Morgan fingerprint density at radius 1 is 1.53 bits per heavy atom. The summed E-state index contributed by atoms with van der Waals surface area (Å²) in [7, 11) is 0. The molecule has 2 nitrogen and oxygen atoms in total. The molecule has 82 valence electrons. The Kier molecular flexibility index (Phi) is 3.67. The third-order valence-corrected chi connectivity index (χ3v) is 3.66. The Hall–Kier alpha value is -0.0900. The molecule has 1 fully saturated rings. The average molecular weight is 291 g/mol. The van der Waals surface area contributed by atoms with Crippen molar-refractivity contribution in [3.63, 3.8) is 0 Å². The molecule has 0 spiro atoms. The second-order valence-corrected chi connectivity index (χ2v) is 5.20. The zero-order valence-corrected chi connectivity index (χ0v) is 10.6. The van der Waals surface area contributed by atoms with Crippen LogP contribution in [0.25, 0.3) is 0 Å². The molecule has 4 heteroatoms.